The van der Waals surface area contributed by atoms with Gasteiger partial charge in [-0.2, -0.15) is 10.3 Å². The molecule has 0 unspecified atom stereocenters. The summed E-state index contributed by atoms with van der Waals surface area (Å²) in [5.74, 6) is -0.550. The number of unbranched alkanes of at least 4 members (excludes halogenated alkanes) is 1. The first-order valence-electron chi connectivity index (χ1n) is 10.9. The quantitative estimate of drug-likeness (QED) is 0.285. The lowest BCUT2D eigenvalue weighted by molar-refractivity contribution is 0.0689. The molecule has 34 heavy (non-hydrogen) atoms. The van der Waals surface area contributed by atoms with Crippen LogP contribution in [0, 0.1) is 0 Å². The van der Waals surface area contributed by atoms with Crippen LogP contribution in [-0.2, 0) is 13.0 Å². The molecule has 9 nitrogen and oxygen atoms in total. The Morgan fingerprint density at radius 1 is 1.18 bits per heavy atom. The molecule has 5 rings (SSSR count). The number of H-pyrrole nitrogens is 1. The minimum absolute atomic E-state index is 0.0461. The van der Waals surface area contributed by atoms with Crippen molar-refractivity contribution in [1.29, 1.82) is 0 Å². The Bertz CT molecular complexity index is 1420. The zero-order valence-corrected chi connectivity index (χ0v) is 19.9. The summed E-state index contributed by atoms with van der Waals surface area (Å²) in [6, 6.07) is 11.4. The summed E-state index contributed by atoms with van der Waals surface area (Å²) >= 11 is 3.79. The number of rotatable bonds is 8. The van der Waals surface area contributed by atoms with Crippen LogP contribution in [0.1, 0.15) is 41.5 Å². The highest BCUT2D eigenvalue weighted by Gasteiger charge is 2.27. The second-order valence-electron chi connectivity index (χ2n) is 7.92. The monoisotopic (exact) mass is 520 g/mol. The van der Waals surface area contributed by atoms with Crippen LogP contribution in [0.2, 0.25) is 0 Å². The Hall–Kier alpha value is -3.79. The van der Waals surface area contributed by atoms with Gasteiger partial charge in [-0.05, 0) is 62.8 Å². The van der Waals surface area contributed by atoms with Crippen LogP contribution in [-0.4, -0.2) is 41.5 Å². The normalized spacial score (nSPS) is 11.4. The number of nitrogens with zero attached hydrogens (tertiary/aromatic N) is 5. The lowest BCUT2D eigenvalue weighted by Gasteiger charge is -2.13. The lowest BCUT2D eigenvalue weighted by atomic mass is 9.97. The maximum absolute atomic E-state index is 11.7. The minimum Gasteiger partial charge on any atom is -0.476 e. The maximum atomic E-state index is 11.7. The SMILES string of the molecule is CCCCc1cc(C(=O)O)nn1Cc1c2ccocc-2c(Br)c1-c1ccccc1-c1nn[nH]n1. The van der Waals surface area contributed by atoms with Gasteiger partial charge in [0.1, 0.15) is 0 Å². The lowest BCUT2D eigenvalue weighted by Crippen LogP contribution is -2.08. The molecule has 172 valence electrons. The molecule has 10 heteroatoms. The van der Waals surface area contributed by atoms with Crippen molar-refractivity contribution < 1.29 is 14.3 Å². The number of hydrogen-bond donors (Lipinski definition) is 2. The van der Waals surface area contributed by atoms with Gasteiger partial charge in [-0.15, -0.1) is 10.2 Å². The van der Waals surface area contributed by atoms with Crippen LogP contribution in [0.4, 0.5) is 0 Å². The zero-order chi connectivity index (χ0) is 23.7. The van der Waals surface area contributed by atoms with Gasteiger partial charge in [0.05, 0.1) is 19.1 Å². The van der Waals surface area contributed by atoms with E-state index in [0.717, 1.165) is 62.8 Å². The van der Waals surface area contributed by atoms with Crippen LogP contribution in [0.25, 0.3) is 33.6 Å². The second kappa shape index (κ2) is 9.22. The third kappa shape index (κ3) is 3.90. The van der Waals surface area contributed by atoms with Gasteiger partial charge in [0, 0.05) is 26.9 Å². The fourth-order valence-electron chi connectivity index (χ4n) is 4.23. The van der Waals surface area contributed by atoms with Crippen LogP contribution in [0.5, 0.6) is 0 Å². The van der Waals surface area contributed by atoms with Gasteiger partial charge < -0.3 is 9.52 Å². The van der Waals surface area contributed by atoms with E-state index in [0.29, 0.717) is 12.4 Å². The van der Waals surface area contributed by atoms with Gasteiger partial charge in [-0.25, -0.2) is 4.79 Å². The number of halogens is 1. The Kier molecular flexibility index (Phi) is 5.97. The van der Waals surface area contributed by atoms with E-state index in [-0.39, 0.29) is 5.69 Å². The summed E-state index contributed by atoms with van der Waals surface area (Å²) in [5, 5.41) is 28.6. The number of aromatic carboxylic acids is 1. The molecular weight excluding hydrogens is 500 g/mol. The summed E-state index contributed by atoms with van der Waals surface area (Å²) in [5.41, 5.74) is 6.52. The largest absolute Gasteiger partial charge is 0.476 e. The molecule has 1 aliphatic heterocycles. The standard InChI is InChI=1S/C24H21BrN6O3/c1-2-3-6-14-11-20(24(32)33)28-31(14)12-18-15-9-10-34-13-19(15)22(25)21(18)16-7-4-5-8-17(16)23-26-29-30-27-23/h4-5,7-11,13H,2-3,6,12H2,1H3,(H,32,33)(H,26,27,29,30). The van der Waals surface area contributed by atoms with Gasteiger partial charge in [0.15, 0.2) is 5.69 Å². The van der Waals surface area contributed by atoms with E-state index >= 15 is 0 Å². The minimum atomic E-state index is -1.04. The van der Waals surface area contributed by atoms with Crippen molar-refractivity contribution in [2.45, 2.75) is 32.7 Å². The van der Waals surface area contributed by atoms with E-state index in [4.69, 9.17) is 4.42 Å². The smallest absolute Gasteiger partial charge is 0.356 e. The summed E-state index contributed by atoms with van der Waals surface area (Å²) in [4.78, 5) is 11.7. The number of hydrogen-bond acceptors (Lipinski definition) is 6. The molecule has 0 fully saturated rings. The molecule has 2 aromatic heterocycles. The fourth-order valence-corrected chi connectivity index (χ4v) is 4.99. The van der Waals surface area contributed by atoms with Gasteiger partial charge in [-0.3, -0.25) is 4.68 Å². The Balaban J connectivity index is 1.71. The molecule has 0 atom stereocenters. The highest BCUT2D eigenvalue weighted by Crippen LogP contribution is 2.48. The van der Waals surface area contributed by atoms with Gasteiger partial charge in [-0.1, -0.05) is 37.6 Å². The summed E-state index contributed by atoms with van der Waals surface area (Å²) in [7, 11) is 0. The van der Waals surface area contributed by atoms with Crippen molar-refractivity contribution in [2.75, 3.05) is 0 Å². The molecule has 0 bridgehead atoms. The van der Waals surface area contributed by atoms with Gasteiger partial charge in [0.25, 0.3) is 0 Å². The van der Waals surface area contributed by atoms with Crippen LogP contribution >= 0.6 is 15.9 Å². The molecule has 0 saturated carbocycles. The van der Waals surface area contributed by atoms with Crippen molar-refractivity contribution in [3.05, 3.63) is 70.3 Å². The number of carboxylic acids is 1. The number of carboxylic acid groups (broad SMARTS) is 1. The summed E-state index contributed by atoms with van der Waals surface area (Å²) in [6.07, 6.45) is 6.04. The number of nitrogens with one attached hydrogen (secondary N) is 1. The van der Waals surface area contributed by atoms with Crippen molar-refractivity contribution in [3.8, 4) is 33.6 Å². The number of aromatic amines is 1. The first-order valence-corrected chi connectivity index (χ1v) is 11.7. The number of tetrazole rings is 1. The van der Waals surface area contributed by atoms with Crippen LogP contribution in [0.3, 0.4) is 0 Å². The molecule has 1 aliphatic carbocycles. The molecule has 0 spiro atoms. The predicted octanol–water partition coefficient (Wildman–Crippen LogP) is 5.28. The molecular formula is C24H21BrN6O3. The number of carbonyl (C=O) groups is 1. The van der Waals surface area contributed by atoms with Crippen LogP contribution in [0.15, 0.2) is 57.8 Å². The number of fused-ring (bicyclic) bond motifs is 1. The molecule has 2 aliphatic rings. The van der Waals surface area contributed by atoms with E-state index in [1.165, 1.54) is 0 Å². The average Bonchev–Trinajstić information content (AvgIpc) is 3.58. The first kappa shape index (κ1) is 22.0. The Labute approximate surface area is 203 Å². The maximum Gasteiger partial charge on any atom is 0.356 e. The van der Waals surface area contributed by atoms with E-state index < -0.39 is 5.97 Å². The summed E-state index contributed by atoms with van der Waals surface area (Å²) in [6.45, 7) is 2.51. The van der Waals surface area contributed by atoms with E-state index in [1.807, 2.05) is 30.3 Å². The van der Waals surface area contributed by atoms with Crippen LogP contribution < -0.4 is 0 Å². The zero-order valence-electron chi connectivity index (χ0n) is 18.3. The van der Waals surface area contributed by atoms with Crippen molar-refractivity contribution >= 4 is 21.9 Å². The molecule has 1 aromatic carbocycles. The van der Waals surface area contributed by atoms with E-state index in [2.05, 4.69) is 48.6 Å². The van der Waals surface area contributed by atoms with Crippen molar-refractivity contribution in [3.63, 3.8) is 0 Å². The number of aromatic nitrogens is 6. The molecule has 0 amide bonds. The summed E-state index contributed by atoms with van der Waals surface area (Å²) < 4.78 is 8.14. The molecule has 0 radical (unpaired) electrons. The van der Waals surface area contributed by atoms with Crippen molar-refractivity contribution in [2.24, 2.45) is 0 Å². The molecule has 3 heterocycles. The molecule has 0 saturated heterocycles. The fraction of sp³-hybridized carbons (Fsp3) is 0.208. The Morgan fingerprint density at radius 2 is 2.00 bits per heavy atom. The third-order valence-electron chi connectivity index (χ3n) is 5.83. The molecule has 3 aromatic rings. The van der Waals surface area contributed by atoms with E-state index in [9.17, 15) is 9.90 Å². The van der Waals surface area contributed by atoms with Crippen molar-refractivity contribution in [1.82, 2.24) is 30.4 Å². The molecule has 2 N–H and O–H groups in total. The predicted molar refractivity (Wildman–Crippen MR) is 129 cm³/mol. The number of aryl methyl sites for hydroxylation is 1. The van der Waals surface area contributed by atoms with Gasteiger partial charge in [0.2, 0.25) is 5.82 Å². The number of benzene rings is 1. The highest BCUT2D eigenvalue weighted by molar-refractivity contribution is 9.10. The average molecular weight is 521 g/mol. The highest BCUT2D eigenvalue weighted by atomic mass is 79.9. The Morgan fingerprint density at radius 3 is 2.74 bits per heavy atom. The van der Waals surface area contributed by atoms with Gasteiger partial charge >= 0.3 is 5.97 Å². The third-order valence-corrected chi connectivity index (χ3v) is 6.66. The first-order chi connectivity index (χ1) is 16.6. The van der Waals surface area contributed by atoms with E-state index in [1.54, 1.807) is 23.3 Å². The second-order valence-corrected chi connectivity index (χ2v) is 8.71. The topological polar surface area (TPSA) is 123 Å².